The lowest BCUT2D eigenvalue weighted by Crippen LogP contribution is -2.27. The van der Waals surface area contributed by atoms with E-state index in [0.29, 0.717) is 33.7 Å². The minimum atomic E-state index is -0.362. The van der Waals surface area contributed by atoms with Crippen molar-refractivity contribution in [3.8, 4) is 22.3 Å². The number of rotatable bonds is 4. The van der Waals surface area contributed by atoms with Crippen molar-refractivity contribution in [3.05, 3.63) is 107 Å². The number of benzene rings is 2. The van der Waals surface area contributed by atoms with Gasteiger partial charge in [-0.15, -0.1) is 20.4 Å². The minimum absolute atomic E-state index is 0.243. The SMILES string of the molecule is Cc1cc2cc(-c3cc(F)c4nc(C5CCNCC5)nnc4c3)cc(C)n2n1.Cc1cn2cc(-c3cc(F)c4nc(C5CCNCC5)nnc4c3)cc2c(C)n1. The molecule has 2 N–H and O–H groups in total. The molecule has 14 heteroatoms. The summed E-state index contributed by atoms with van der Waals surface area (Å²) in [5, 5.41) is 28.3. The Morgan fingerprint density at radius 2 is 1.12 bits per heavy atom. The van der Waals surface area contributed by atoms with Gasteiger partial charge in [0.25, 0.3) is 0 Å². The summed E-state index contributed by atoms with van der Waals surface area (Å²) in [4.78, 5) is 13.5. The van der Waals surface area contributed by atoms with Gasteiger partial charge in [-0.1, -0.05) is 0 Å². The Kier molecular flexibility index (Phi) is 9.38. The van der Waals surface area contributed by atoms with E-state index in [-0.39, 0.29) is 23.5 Å². The van der Waals surface area contributed by atoms with E-state index in [0.717, 1.165) is 108 Å². The minimum Gasteiger partial charge on any atom is -0.320 e. The van der Waals surface area contributed by atoms with E-state index in [2.05, 4.69) is 51.1 Å². The van der Waals surface area contributed by atoms with Crippen LogP contribution in [-0.2, 0) is 0 Å². The quantitative estimate of drug-likeness (QED) is 0.191. The molecule has 0 bridgehead atoms. The van der Waals surface area contributed by atoms with Crippen molar-refractivity contribution in [2.75, 3.05) is 26.2 Å². The molecule has 2 aromatic carbocycles. The fourth-order valence-electron chi connectivity index (χ4n) is 8.01. The normalized spacial score (nSPS) is 15.5. The molecule has 2 aliphatic heterocycles. The van der Waals surface area contributed by atoms with Crippen molar-refractivity contribution in [1.29, 1.82) is 0 Å². The largest absolute Gasteiger partial charge is 0.320 e. The average molecular weight is 753 g/mol. The summed E-state index contributed by atoms with van der Waals surface area (Å²) in [5.74, 6) is 1.05. The van der Waals surface area contributed by atoms with E-state index < -0.39 is 0 Å². The summed E-state index contributed by atoms with van der Waals surface area (Å²) in [6, 6.07) is 14.8. The number of pyridine rings is 1. The third-order valence-electron chi connectivity index (χ3n) is 10.9. The highest BCUT2D eigenvalue weighted by Crippen LogP contribution is 2.31. The van der Waals surface area contributed by atoms with Crippen LogP contribution in [0.15, 0.2) is 60.9 Å². The molecule has 8 heterocycles. The van der Waals surface area contributed by atoms with Crippen molar-refractivity contribution in [1.82, 2.24) is 60.0 Å². The second kappa shape index (κ2) is 14.7. The average Bonchev–Trinajstić information content (AvgIpc) is 3.82. The fourth-order valence-corrected chi connectivity index (χ4v) is 8.01. The van der Waals surface area contributed by atoms with Crippen LogP contribution >= 0.6 is 0 Å². The summed E-state index contributed by atoms with van der Waals surface area (Å²) in [5.41, 5.74) is 10.7. The Balaban J connectivity index is 0.000000146. The third kappa shape index (κ3) is 6.94. The van der Waals surface area contributed by atoms with Gasteiger partial charge in [0.1, 0.15) is 22.1 Å². The van der Waals surface area contributed by atoms with Crippen LogP contribution in [0.4, 0.5) is 8.78 Å². The van der Waals surface area contributed by atoms with Gasteiger partial charge >= 0.3 is 0 Å². The molecule has 2 aliphatic rings. The highest BCUT2D eigenvalue weighted by Gasteiger charge is 2.22. The van der Waals surface area contributed by atoms with Gasteiger partial charge in [0.2, 0.25) is 0 Å². The summed E-state index contributed by atoms with van der Waals surface area (Å²) in [7, 11) is 0. The maximum atomic E-state index is 14.9. The van der Waals surface area contributed by atoms with Gasteiger partial charge in [0, 0.05) is 35.5 Å². The van der Waals surface area contributed by atoms with Crippen LogP contribution in [0.2, 0.25) is 0 Å². The van der Waals surface area contributed by atoms with E-state index in [4.69, 9.17) is 0 Å². The van der Waals surface area contributed by atoms with Crippen molar-refractivity contribution >= 4 is 33.1 Å². The molecule has 10 rings (SSSR count). The van der Waals surface area contributed by atoms with Crippen LogP contribution in [0.5, 0.6) is 0 Å². The Hall–Kier alpha value is -5.86. The van der Waals surface area contributed by atoms with Crippen molar-refractivity contribution < 1.29 is 8.78 Å². The number of aryl methyl sites for hydroxylation is 4. The highest BCUT2D eigenvalue weighted by molar-refractivity contribution is 5.84. The predicted molar refractivity (Wildman–Crippen MR) is 212 cm³/mol. The number of nitrogens with zero attached hydrogens (tertiary/aromatic N) is 10. The molecule has 12 nitrogen and oxygen atoms in total. The molecule has 0 saturated carbocycles. The Bertz CT molecular complexity index is 2760. The molecule has 284 valence electrons. The highest BCUT2D eigenvalue weighted by atomic mass is 19.1. The van der Waals surface area contributed by atoms with Crippen molar-refractivity contribution in [2.45, 2.75) is 65.2 Å². The van der Waals surface area contributed by atoms with Gasteiger partial charge in [-0.3, -0.25) is 4.98 Å². The molecule has 2 saturated heterocycles. The third-order valence-corrected chi connectivity index (χ3v) is 10.9. The molecule has 0 spiro atoms. The smallest absolute Gasteiger partial charge is 0.154 e. The monoisotopic (exact) mass is 752 g/mol. The van der Waals surface area contributed by atoms with E-state index in [9.17, 15) is 8.78 Å². The number of nitrogens with one attached hydrogen (secondary N) is 2. The van der Waals surface area contributed by atoms with Crippen molar-refractivity contribution in [2.24, 2.45) is 0 Å². The molecule has 0 atom stereocenters. The number of aromatic nitrogens is 10. The molecule has 0 amide bonds. The van der Waals surface area contributed by atoms with Crippen molar-refractivity contribution in [3.63, 3.8) is 0 Å². The van der Waals surface area contributed by atoms with Gasteiger partial charge in [-0.25, -0.2) is 23.3 Å². The van der Waals surface area contributed by atoms with Crippen LogP contribution in [0.1, 0.15) is 71.9 Å². The summed E-state index contributed by atoms with van der Waals surface area (Å²) < 4.78 is 33.8. The number of hydrogen-bond acceptors (Lipinski definition) is 10. The lowest BCUT2D eigenvalue weighted by molar-refractivity contribution is 0.442. The maximum Gasteiger partial charge on any atom is 0.154 e. The van der Waals surface area contributed by atoms with Crippen LogP contribution in [-0.4, -0.2) is 75.5 Å². The molecule has 0 aliphatic carbocycles. The molecule has 6 aromatic heterocycles. The summed E-state index contributed by atoms with van der Waals surface area (Å²) in [6.07, 6.45) is 7.78. The first-order valence-corrected chi connectivity index (χ1v) is 19.2. The number of piperidine rings is 2. The fraction of sp³-hybridized carbons (Fsp3) is 0.333. The maximum absolute atomic E-state index is 14.9. The van der Waals surface area contributed by atoms with Gasteiger partial charge in [-0.2, -0.15) is 5.10 Å². The van der Waals surface area contributed by atoms with Crippen LogP contribution in [0.3, 0.4) is 0 Å². The standard InChI is InChI=1S/2C21H21FN6/c1-12-10-28-11-16(9-19(28)13(2)24-12)15-7-17(22)20-18(8-15)26-27-21(25-20)14-3-5-23-6-4-14;1-12-7-17-9-15(8-13(2)28(17)27-12)16-10-18(22)20-19(11-16)25-26-21(24-20)14-3-5-23-6-4-14/h2*7-11,14,23H,3-6H2,1-2H3. The Labute approximate surface area is 321 Å². The van der Waals surface area contributed by atoms with E-state index >= 15 is 0 Å². The summed E-state index contributed by atoms with van der Waals surface area (Å²) in [6.45, 7) is 11.6. The molecular formula is C42H42F2N12. The Morgan fingerprint density at radius 1 is 0.571 bits per heavy atom. The first kappa shape index (κ1) is 35.8. The molecule has 0 unspecified atom stereocenters. The van der Waals surface area contributed by atoms with E-state index in [1.165, 1.54) is 12.1 Å². The van der Waals surface area contributed by atoms with Gasteiger partial charge in [0.15, 0.2) is 23.3 Å². The second-order valence-electron chi connectivity index (χ2n) is 15.0. The lowest BCUT2D eigenvalue weighted by atomic mass is 9.97. The van der Waals surface area contributed by atoms with Crippen LogP contribution in [0, 0.1) is 39.3 Å². The molecule has 2 fully saturated rings. The summed E-state index contributed by atoms with van der Waals surface area (Å²) >= 11 is 0. The van der Waals surface area contributed by atoms with E-state index in [1.54, 1.807) is 0 Å². The lowest BCUT2D eigenvalue weighted by Gasteiger charge is -2.20. The van der Waals surface area contributed by atoms with Gasteiger partial charge in [0.05, 0.1) is 28.1 Å². The Morgan fingerprint density at radius 3 is 1.71 bits per heavy atom. The van der Waals surface area contributed by atoms with Gasteiger partial charge < -0.3 is 15.0 Å². The first-order valence-electron chi connectivity index (χ1n) is 19.2. The van der Waals surface area contributed by atoms with Crippen LogP contribution < -0.4 is 10.6 Å². The molecular weight excluding hydrogens is 711 g/mol. The molecule has 0 radical (unpaired) electrons. The number of fused-ring (bicyclic) bond motifs is 4. The zero-order valence-electron chi connectivity index (χ0n) is 31.8. The zero-order chi connectivity index (χ0) is 38.5. The topological polar surface area (TPSA) is 136 Å². The first-order chi connectivity index (χ1) is 27.2. The van der Waals surface area contributed by atoms with Gasteiger partial charge in [-0.05, 0) is 145 Å². The van der Waals surface area contributed by atoms with Crippen LogP contribution in [0.25, 0.3) is 55.4 Å². The van der Waals surface area contributed by atoms with E-state index in [1.807, 2.05) is 85.4 Å². The molecule has 56 heavy (non-hydrogen) atoms. The number of hydrogen-bond donors (Lipinski definition) is 2. The zero-order valence-corrected chi connectivity index (χ0v) is 31.8. The number of halogens is 2. The predicted octanol–water partition coefficient (Wildman–Crippen LogP) is 7.12. The molecule has 8 aromatic rings. The second-order valence-corrected chi connectivity index (χ2v) is 15.0.